The van der Waals surface area contributed by atoms with E-state index in [2.05, 4.69) is 89.2 Å². The first-order valence-corrected chi connectivity index (χ1v) is 9.42. The van der Waals surface area contributed by atoms with Crippen molar-refractivity contribution < 1.29 is 0 Å². The van der Waals surface area contributed by atoms with Gasteiger partial charge in [-0.2, -0.15) is 0 Å². The van der Waals surface area contributed by atoms with Gasteiger partial charge in [0.2, 0.25) is 0 Å². The Balaban J connectivity index is 1.86. The molecule has 1 aliphatic rings. The molecular formula is C25H28. The first kappa shape index (κ1) is 16.4. The predicted molar refractivity (Wildman–Crippen MR) is 109 cm³/mol. The zero-order valence-electron chi connectivity index (χ0n) is 16.1. The van der Waals surface area contributed by atoms with Gasteiger partial charge in [-0.15, -0.1) is 0 Å². The highest BCUT2D eigenvalue weighted by molar-refractivity contribution is 5.88. The van der Waals surface area contributed by atoms with Crippen molar-refractivity contribution in [3.05, 3.63) is 71.3 Å². The Morgan fingerprint density at radius 2 is 1.16 bits per heavy atom. The van der Waals surface area contributed by atoms with E-state index in [1.165, 1.54) is 51.4 Å². The minimum Gasteiger partial charge on any atom is -0.0587 e. The maximum Gasteiger partial charge on any atom is -0.0100 e. The van der Waals surface area contributed by atoms with Gasteiger partial charge in [0.05, 0.1) is 0 Å². The molecule has 128 valence electrons. The third-order valence-electron chi connectivity index (χ3n) is 6.18. The van der Waals surface area contributed by atoms with Gasteiger partial charge in [0.25, 0.3) is 0 Å². The van der Waals surface area contributed by atoms with Crippen molar-refractivity contribution in [2.75, 3.05) is 0 Å². The Morgan fingerprint density at radius 3 is 1.92 bits per heavy atom. The van der Waals surface area contributed by atoms with E-state index in [9.17, 15) is 0 Å². The lowest BCUT2D eigenvalue weighted by atomic mass is 9.63. The predicted octanol–water partition coefficient (Wildman–Crippen LogP) is 7.16. The third-order valence-corrected chi connectivity index (χ3v) is 6.18. The van der Waals surface area contributed by atoms with Crippen LogP contribution in [0, 0.1) is 6.92 Å². The van der Waals surface area contributed by atoms with E-state index in [-0.39, 0.29) is 10.8 Å². The lowest BCUT2D eigenvalue weighted by molar-refractivity contribution is 0.332. The van der Waals surface area contributed by atoms with Crippen LogP contribution >= 0.6 is 0 Å². The van der Waals surface area contributed by atoms with E-state index in [1.807, 2.05) is 0 Å². The molecule has 0 heterocycles. The van der Waals surface area contributed by atoms with Gasteiger partial charge in [-0.05, 0) is 69.7 Å². The largest absolute Gasteiger partial charge is 0.0587 e. The number of aryl methyl sites for hydroxylation is 1. The topological polar surface area (TPSA) is 0 Å². The number of hydrogen-bond donors (Lipinski definition) is 0. The molecule has 1 aliphatic carbocycles. The standard InChI is InChI=1S/C25H28/c1-17-6-7-19-15-20(9-8-18(19)14-17)21-10-11-22-23(16-21)25(4,5)13-12-24(22,2)3/h6-11,14-16H,12-13H2,1-5H3. The van der Waals surface area contributed by atoms with Crippen molar-refractivity contribution >= 4 is 10.8 Å². The quantitative estimate of drug-likeness (QED) is 0.444. The average molecular weight is 328 g/mol. The molecule has 3 aromatic carbocycles. The summed E-state index contributed by atoms with van der Waals surface area (Å²) in [6.45, 7) is 11.7. The summed E-state index contributed by atoms with van der Waals surface area (Å²) >= 11 is 0. The maximum atomic E-state index is 2.45. The third kappa shape index (κ3) is 2.78. The van der Waals surface area contributed by atoms with Crippen molar-refractivity contribution in [1.82, 2.24) is 0 Å². The van der Waals surface area contributed by atoms with Crippen LogP contribution < -0.4 is 0 Å². The molecule has 3 aromatic rings. The fourth-order valence-corrected chi connectivity index (χ4v) is 4.31. The molecule has 0 aromatic heterocycles. The summed E-state index contributed by atoms with van der Waals surface area (Å²) < 4.78 is 0. The molecule has 0 saturated carbocycles. The van der Waals surface area contributed by atoms with Crippen LogP contribution in [0.4, 0.5) is 0 Å². The van der Waals surface area contributed by atoms with Gasteiger partial charge in [0, 0.05) is 0 Å². The van der Waals surface area contributed by atoms with Crippen LogP contribution in [-0.4, -0.2) is 0 Å². The van der Waals surface area contributed by atoms with Crippen LogP contribution in [0.2, 0.25) is 0 Å². The molecule has 25 heavy (non-hydrogen) atoms. The molecule has 0 fully saturated rings. The van der Waals surface area contributed by atoms with Crippen LogP contribution in [0.1, 0.15) is 57.2 Å². The Morgan fingerprint density at radius 1 is 0.600 bits per heavy atom. The highest BCUT2D eigenvalue weighted by Crippen LogP contribution is 2.46. The van der Waals surface area contributed by atoms with Crippen LogP contribution in [0.3, 0.4) is 0 Å². The fraction of sp³-hybridized carbons (Fsp3) is 0.360. The van der Waals surface area contributed by atoms with Crippen LogP contribution in [0.5, 0.6) is 0 Å². The molecule has 0 unspecified atom stereocenters. The maximum absolute atomic E-state index is 2.45. The van der Waals surface area contributed by atoms with E-state index in [0.29, 0.717) is 0 Å². The van der Waals surface area contributed by atoms with Crippen LogP contribution in [-0.2, 0) is 10.8 Å². The molecule has 0 amide bonds. The van der Waals surface area contributed by atoms with Gasteiger partial charge in [0.1, 0.15) is 0 Å². The Bertz CT molecular complexity index is 957. The number of rotatable bonds is 1. The SMILES string of the molecule is Cc1ccc2cc(-c3ccc4c(c3)C(C)(C)CCC4(C)C)ccc2c1. The summed E-state index contributed by atoms with van der Waals surface area (Å²) in [6.07, 6.45) is 2.52. The lowest BCUT2D eigenvalue weighted by Gasteiger charge is -2.42. The first-order valence-electron chi connectivity index (χ1n) is 9.42. The van der Waals surface area contributed by atoms with E-state index in [4.69, 9.17) is 0 Å². The lowest BCUT2D eigenvalue weighted by Crippen LogP contribution is -2.33. The molecule has 0 nitrogen and oxygen atoms in total. The van der Waals surface area contributed by atoms with E-state index in [1.54, 1.807) is 0 Å². The van der Waals surface area contributed by atoms with Crippen molar-refractivity contribution in [2.24, 2.45) is 0 Å². The van der Waals surface area contributed by atoms with Crippen LogP contribution in [0.25, 0.3) is 21.9 Å². The summed E-state index contributed by atoms with van der Waals surface area (Å²) in [7, 11) is 0. The fourth-order valence-electron chi connectivity index (χ4n) is 4.31. The molecule has 0 heteroatoms. The van der Waals surface area contributed by atoms with Crippen molar-refractivity contribution in [3.63, 3.8) is 0 Å². The van der Waals surface area contributed by atoms with Crippen molar-refractivity contribution in [3.8, 4) is 11.1 Å². The normalized spacial score (nSPS) is 18.1. The molecule has 0 aliphatic heterocycles. The summed E-state index contributed by atoms with van der Waals surface area (Å²) in [6, 6.07) is 20.7. The first-order chi connectivity index (χ1) is 11.8. The summed E-state index contributed by atoms with van der Waals surface area (Å²) in [5.41, 5.74) is 7.58. The molecule has 0 saturated heterocycles. The second-order valence-corrected chi connectivity index (χ2v) is 9.09. The van der Waals surface area contributed by atoms with Crippen molar-refractivity contribution in [2.45, 2.75) is 58.3 Å². The van der Waals surface area contributed by atoms with Gasteiger partial charge >= 0.3 is 0 Å². The highest BCUT2D eigenvalue weighted by atomic mass is 14.4. The molecule has 0 N–H and O–H groups in total. The van der Waals surface area contributed by atoms with Crippen LogP contribution in [0.15, 0.2) is 54.6 Å². The van der Waals surface area contributed by atoms with Gasteiger partial charge in [0.15, 0.2) is 0 Å². The second kappa shape index (κ2) is 5.46. The zero-order valence-corrected chi connectivity index (χ0v) is 16.1. The van der Waals surface area contributed by atoms with E-state index < -0.39 is 0 Å². The zero-order chi connectivity index (χ0) is 17.8. The van der Waals surface area contributed by atoms with E-state index >= 15 is 0 Å². The Hall–Kier alpha value is -2.08. The molecule has 0 atom stereocenters. The van der Waals surface area contributed by atoms with Gasteiger partial charge < -0.3 is 0 Å². The highest BCUT2D eigenvalue weighted by Gasteiger charge is 2.36. The van der Waals surface area contributed by atoms with Gasteiger partial charge in [-0.1, -0.05) is 81.8 Å². The minimum atomic E-state index is 0.259. The number of hydrogen-bond acceptors (Lipinski definition) is 0. The van der Waals surface area contributed by atoms with E-state index in [0.717, 1.165) is 0 Å². The molecule has 0 spiro atoms. The summed E-state index contributed by atoms with van der Waals surface area (Å²) in [4.78, 5) is 0. The molecule has 4 rings (SSSR count). The van der Waals surface area contributed by atoms with Gasteiger partial charge in [-0.3, -0.25) is 0 Å². The Labute approximate surface area is 151 Å². The smallest absolute Gasteiger partial charge is 0.0100 e. The Kier molecular flexibility index (Phi) is 3.58. The molecule has 0 radical (unpaired) electrons. The monoisotopic (exact) mass is 328 g/mol. The molecular weight excluding hydrogens is 300 g/mol. The second-order valence-electron chi connectivity index (χ2n) is 9.09. The average Bonchev–Trinajstić information content (AvgIpc) is 2.58. The minimum absolute atomic E-state index is 0.259. The summed E-state index contributed by atoms with van der Waals surface area (Å²) in [5, 5.41) is 2.64. The van der Waals surface area contributed by atoms with Gasteiger partial charge in [-0.25, -0.2) is 0 Å². The number of fused-ring (bicyclic) bond motifs is 2. The van der Waals surface area contributed by atoms with Crippen molar-refractivity contribution in [1.29, 1.82) is 0 Å². The number of benzene rings is 3. The molecule has 0 bridgehead atoms. The summed E-state index contributed by atoms with van der Waals surface area (Å²) in [5.74, 6) is 0.